The van der Waals surface area contributed by atoms with Gasteiger partial charge in [-0.15, -0.1) is 0 Å². The minimum Gasteiger partial charge on any atom is -0.481 e. The fourth-order valence-corrected chi connectivity index (χ4v) is 3.83. The number of carboxylic acid groups (broad SMARTS) is 1. The van der Waals surface area contributed by atoms with E-state index >= 15 is 0 Å². The lowest BCUT2D eigenvalue weighted by Gasteiger charge is -2.35. The minimum atomic E-state index is -3.59. The van der Waals surface area contributed by atoms with Crippen LogP contribution in [0.25, 0.3) is 10.8 Å². The number of carbonyl (C=O) groups is 1. The summed E-state index contributed by atoms with van der Waals surface area (Å²) in [5.74, 6) is -1.54. The molecule has 0 aliphatic carbocycles. The lowest BCUT2D eigenvalue weighted by Crippen LogP contribution is -2.52. The van der Waals surface area contributed by atoms with Crippen molar-refractivity contribution >= 4 is 26.8 Å². The highest BCUT2D eigenvalue weighted by molar-refractivity contribution is 7.89. The quantitative estimate of drug-likeness (QED) is 0.931. The van der Waals surface area contributed by atoms with Crippen LogP contribution in [0.4, 0.5) is 0 Å². The van der Waals surface area contributed by atoms with Crippen LogP contribution in [0, 0.1) is 5.92 Å². The van der Waals surface area contributed by atoms with E-state index in [4.69, 9.17) is 5.11 Å². The van der Waals surface area contributed by atoms with Crippen molar-refractivity contribution < 1.29 is 18.3 Å². The van der Waals surface area contributed by atoms with Crippen LogP contribution in [-0.2, 0) is 14.8 Å². The van der Waals surface area contributed by atoms with Crippen LogP contribution in [-0.4, -0.2) is 36.9 Å². The SMILES string of the molecule is O=C(O)C1CN(S(=O)(=O)c2ccc3ccccc3c2)C1. The Morgan fingerprint density at radius 2 is 1.75 bits per heavy atom. The van der Waals surface area contributed by atoms with Gasteiger partial charge in [0.15, 0.2) is 0 Å². The van der Waals surface area contributed by atoms with Crippen molar-refractivity contribution in [1.82, 2.24) is 4.31 Å². The third-order valence-corrected chi connectivity index (χ3v) is 5.38. The number of carboxylic acids is 1. The Balaban J connectivity index is 1.92. The maximum Gasteiger partial charge on any atom is 0.309 e. The number of hydrogen-bond donors (Lipinski definition) is 1. The van der Waals surface area contributed by atoms with E-state index in [9.17, 15) is 13.2 Å². The first-order valence-corrected chi connectivity index (χ1v) is 7.64. The van der Waals surface area contributed by atoms with E-state index in [2.05, 4.69) is 0 Å². The Bertz CT molecular complexity index is 779. The van der Waals surface area contributed by atoms with Crippen molar-refractivity contribution in [3.8, 4) is 0 Å². The van der Waals surface area contributed by atoms with Gasteiger partial charge in [-0.1, -0.05) is 30.3 Å². The molecular formula is C14H13NO4S. The first-order chi connectivity index (χ1) is 9.48. The molecule has 1 aliphatic heterocycles. The number of aliphatic carboxylic acids is 1. The van der Waals surface area contributed by atoms with Crippen molar-refractivity contribution in [3.63, 3.8) is 0 Å². The monoisotopic (exact) mass is 291 g/mol. The Labute approximate surface area is 116 Å². The van der Waals surface area contributed by atoms with Crippen molar-refractivity contribution in [3.05, 3.63) is 42.5 Å². The van der Waals surface area contributed by atoms with Gasteiger partial charge in [-0.2, -0.15) is 4.31 Å². The topological polar surface area (TPSA) is 74.7 Å². The Morgan fingerprint density at radius 3 is 2.40 bits per heavy atom. The summed E-state index contributed by atoms with van der Waals surface area (Å²) in [5.41, 5.74) is 0. The normalized spacial score (nSPS) is 17.0. The number of nitrogens with zero attached hydrogens (tertiary/aromatic N) is 1. The van der Waals surface area contributed by atoms with Crippen molar-refractivity contribution in [2.45, 2.75) is 4.90 Å². The van der Waals surface area contributed by atoms with Gasteiger partial charge < -0.3 is 5.11 Å². The molecule has 3 rings (SSSR count). The predicted molar refractivity (Wildman–Crippen MR) is 73.8 cm³/mol. The zero-order valence-electron chi connectivity index (χ0n) is 10.6. The molecule has 0 unspecified atom stereocenters. The van der Waals surface area contributed by atoms with E-state index in [0.717, 1.165) is 10.8 Å². The molecule has 0 amide bonds. The number of fused-ring (bicyclic) bond motifs is 1. The van der Waals surface area contributed by atoms with E-state index in [0.29, 0.717) is 0 Å². The Hall–Kier alpha value is -1.92. The molecule has 1 saturated heterocycles. The summed E-state index contributed by atoms with van der Waals surface area (Å²) in [5, 5.41) is 10.6. The summed E-state index contributed by atoms with van der Waals surface area (Å²) in [6, 6.07) is 12.5. The summed E-state index contributed by atoms with van der Waals surface area (Å²) >= 11 is 0. The highest BCUT2D eigenvalue weighted by atomic mass is 32.2. The van der Waals surface area contributed by atoms with Crippen LogP contribution in [0.2, 0.25) is 0 Å². The largest absolute Gasteiger partial charge is 0.481 e. The highest BCUT2D eigenvalue weighted by Crippen LogP contribution is 2.27. The molecule has 1 N–H and O–H groups in total. The molecule has 6 heteroatoms. The third-order valence-electron chi connectivity index (χ3n) is 3.56. The zero-order chi connectivity index (χ0) is 14.3. The second-order valence-corrected chi connectivity index (χ2v) is 6.80. The first-order valence-electron chi connectivity index (χ1n) is 6.20. The lowest BCUT2D eigenvalue weighted by atomic mass is 10.0. The maximum absolute atomic E-state index is 12.4. The molecule has 1 heterocycles. The van der Waals surface area contributed by atoms with Crippen LogP contribution in [0.3, 0.4) is 0 Å². The molecule has 1 aliphatic rings. The van der Waals surface area contributed by atoms with Crippen LogP contribution in [0.15, 0.2) is 47.4 Å². The molecular weight excluding hydrogens is 278 g/mol. The average Bonchev–Trinajstić information content (AvgIpc) is 2.35. The lowest BCUT2D eigenvalue weighted by molar-refractivity contribution is -0.145. The van der Waals surface area contributed by atoms with Crippen molar-refractivity contribution in [2.75, 3.05) is 13.1 Å². The Kier molecular flexibility index (Phi) is 2.99. The van der Waals surface area contributed by atoms with Crippen LogP contribution in [0.1, 0.15) is 0 Å². The molecule has 0 saturated carbocycles. The van der Waals surface area contributed by atoms with Crippen LogP contribution in [0.5, 0.6) is 0 Å². The first kappa shape index (κ1) is 13.1. The molecule has 20 heavy (non-hydrogen) atoms. The fourth-order valence-electron chi connectivity index (χ4n) is 2.27. The number of hydrogen-bond acceptors (Lipinski definition) is 3. The van der Waals surface area contributed by atoms with Gasteiger partial charge in [0.25, 0.3) is 0 Å². The van der Waals surface area contributed by atoms with Gasteiger partial charge in [-0.3, -0.25) is 4.79 Å². The van der Waals surface area contributed by atoms with E-state index < -0.39 is 21.9 Å². The molecule has 1 fully saturated rings. The molecule has 0 aromatic heterocycles. The smallest absolute Gasteiger partial charge is 0.309 e. The third kappa shape index (κ3) is 2.07. The molecule has 0 spiro atoms. The van der Waals surface area contributed by atoms with Gasteiger partial charge in [0.2, 0.25) is 10.0 Å². The van der Waals surface area contributed by atoms with E-state index in [1.54, 1.807) is 18.2 Å². The number of rotatable bonds is 3. The van der Waals surface area contributed by atoms with Gasteiger partial charge in [0.1, 0.15) is 0 Å². The van der Waals surface area contributed by atoms with Gasteiger partial charge in [0, 0.05) is 13.1 Å². The molecule has 2 aromatic carbocycles. The zero-order valence-corrected chi connectivity index (χ0v) is 11.4. The Morgan fingerprint density at radius 1 is 1.10 bits per heavy atom. The van der Waals surface area contributed by atoms with Crippen molar-refractivity contribution in [1.29, 1.82) is 0 Å². The van der Waals surface area contributed by atoms with Gasteiger partial charge in [0.05, 0.1) is 10.8 Å². The van der Waals surface area contributed by atoms with Crippen LogP contribution < -0.4 is 0 Å². The standard InChI is InChI=1S/C14H13NO4S/c16-14(17)12-8-15(9-12)20(18,19)13-6-5-10-3-1-2-4-11(10)7-13/h1-7,12H,8-9H2,(H,16,17). The summed E-state index contributed by atoms with van der Waals surface area (Å²) in [6.45, 7) is 0.0922. The molecule has 0 atom stereocenters. The van der Waals surface area contributed by atoms with E-state index in [-0.39, 0.29) is 18.0 Å². The van der Waals surface area contributed by atoms with Crippen molar-refractivity contribution in [2.24, 2.45) is 5.92 Å². The maximum atomic E-state index is 12.4. The van der Waals surface area contributed by atoms with Gasteiger partial charge >= 0.3 is 5.97 Å². The van der Waals surface area contributed by atoms with Crippen LogP contribution >= 0.6 is 0 Å². The summed E-state index contributed by atoms with van der Waals surface area (Å²) in [6.07, 6.45) is 0. The minimum absolute atomic E-state index is 0.0461. The fraction of sp³-hybridized carbons (Fsp3) is 0.214. The molecule has 104 valence electrons. The molecule has 5 nitrogen and oxygen atoms in total. The predicted octanol–water partition coefficient (Wildman–Crippen LogP) is 1.54. The molecule has 0 bridgehead atoms. The van der Waals surface area contributed by atoms with Gasteiger partial charge in [-0.05, 0) is 22.9 Å². The molecule has 0 radical (unpaired) electrons. The van der Waals surface area contributed by atoms with E-state index in [1.807, 2.05) is 24.3 Å². The summed E-state index contributed by atoms with van der Waals surface area (Å²) < 4.78 is 25.9. The second kappa shape index (κ2) is 4.57. The molecule has 2 aromatic rings. The van der Waals surface area contributed by atoms with E-state index in [1.165, 1.54) is 4.31 Å². The summed E-state index contributed by atoms with van der Waals surface area (Å²) in [4.78, 5) is 11.0. The van der Waals surface area contributed by atoms with Gasteiger partial charge in [-0.25, -0.2) is 8.42 Å². The second-order valence-electron chi connectivity index (χ2n) is 4.87. The average molecular weight is 291 g/mol. The summed E-state index contributed by atoms with van der Waals surface area (Å²) in [7, 11) is -3.59. The highest BCUT2D eigenvalue weighted by Gasteiger charge is 2.40. The number of sulfonamides is 1. The number of benzene rings is 2.